The van der Waals surface area contributed by atoms with Crippen LogP contribution in [0.25, 0.3) is 11.1 Å². The van der Waals surface area contributed by atoms with Crippen molar-refractivity contribution in [2.75, 3.05) is 13.7 Å². The Morgan fingerprint density at radius 1 is 0.974 bits per heavy atom. The monoisotopic (exact) mass is 524 g/mol. The lowest BCUT2D eigenvalue weighted by molar-refractivity contribution is -0.150. The van der Waals surface area contributed by atoms with Gasteiger partial charge in [-0.25, -0.2) is 9.59 Å². The van der Waals surface area contributed by atoms with E-state index in [9.17, 15) is 19.5 Å². The number of aliphatic carboxylic acids is 1. The zero-order chi connectivity index (χ0) is 28.3. The average Bonchev–Trinajstić information content (AvgIpc) is 3.31. The summed E-state index contributed by atoms with van der Waals surface area (Å²) in [6.45, 7) is 11.2. The van der Waals surface area contributed by atoms with Gasteiger partial charge in [0.1, 0.15) is 17.7 Å². The molecular formula is C30H40N2O6. The molecule has 0 spiro atoms. The van der Waals surface area contributed by atoms with E-state index in [4.69, 9.17) is 9.47 Å². The predicted octanol–water partition coefficient (Wildman–Crippen LogP) is 5.08. The molecule has 0 bridgehead atoms. The highest BCUT2D eigenvalue weighted by atomic mass is 16.6. The molecular weight excluding hydrogens is 484 g/mol. The highest BCUT2D eigenvalue weighted by molar-refractivity contribution is 5.90. The van der Waals surface area contributed by atoms with Crippen LogP contribution < -0.4 is 5.32 Å². The summed E-state index contributed by atoms with van der Waals surface area (Å²) in [5.74, 6) is -1.75. The Kier molecular flexibility index (Phi) is 8.87. The number of carboxylic acids is 1. The largest absolute Gasteiger partial charge is 0.480 e. The SMILES string of the molecule is COC1CC(C(=O)O)N(C(=O)C(NC(=O)OC(C)(C)C)C(C)(C)C(C)c2ccc(-c3ccccc3)cc2)C1. The number of carbonyl (C=O) groups excluding carboxylic acids is 2. The van der Waals surface area contributed by atoms with Gasteiger partial charge in [0.2, 0.25) is 5.91 Å². The molecule has 0 aliphatic carbocycles. The van der Waals surface area contributed by atoms with Gasteiger partial charge in [-0.05, 0) is 43.4 Å². The molecule has 1 aliphatic heterocycles. The van der Waals surface area contributed by atoms with E-state index >= 15 is 0 Å². The summed E-state index contributed by atoms with van der Waals surface area (Å²) in [5, 5.41) is 12.6. The molecule has 8 nitrogen and oxygen atoms in total. The maximum atomic E-state index is 14.0. The van der Waals surface area contributed by atoms with Gasteiger partial charge in [0.15, 0.2) is 0 Å². The number of carbonyl (C=O) groups is 3. The Bertz CT molecular complexity index is 1120. The lowest BCUT2D eigenvalue weighted by Crippen LogP contribution is -2.59. The fraction of sp³-hybridized carbons (Fsp3) is 0.500. The molecule has 3 rings (SSSR count). The molecule has 0 aromatic heterocycles. The smallest absolute Gasteiger partial charge is 0.408 e. The highest BCUT2D eigenvalue weighted by Crippen LogP contribution is 2.40. The third-order valence-electron chi connectivity index (χ3n) is 7.45. The second-order valence-electron chi connectivity index (χ2n) is 11.5. The van der Waals surface area contributed by atoms with Crippen molar-refractivity contribution < 1.29 is 29.0 Å². The molecule has 0 radical (unpaired) electrons. The minimum Gasteiger partial charge on any atom is -0.480 e. The van der Waals surface area contributed by atoms with E-state index in [1.54, 1.807) is 20.8 Å². The first kappa shape index (κ1) is 29.2. The van der Waals surface area contributed by atoms with Gasteiger partial charge >= 0.3 is 12.1 Å². The van der Waals surface area contributed by atoms with Crippen LogP contribution in [0.3, 0.4) is 0 Å². The Morgan fingerprint density at radius 2 is 1.55 bits per heavy atom. The Morgan fingerprint density at radius 3 is 2.08 bits per heavy atom. The van der Waals surface area contributed by atoms with Crippen LogP contribution in [-0.2, 0) is 19.1 Å². The number of nitrogens with zero attached hydrogens (tertiary/aromatic N) is 1. The van der Waals surface area contributed by atoms with Gasteiger partial charge in [-0.1, -0.05) is 75.4 Å². The molecule has 4 unspecified atom stereocenters. The Hall–Kier alpha value is -3.39. The van der Waals surface area contributed by atoms with Gasteiger partial charge in [0, 0.05) is 25.5 Å². The molecule has 2 amide bonds. The summed E-state index contributed by atoms with van der Waals surface area (Å²) in [5.41, 5.74) is 1.59. The van der Waals surface area contributed by atoms with Crippen molar-refractivity contribution in [2.24, 2.45) is 5.41 Å². The summed E-state index contributed by atoms with van der Waals surface area (Å²) in [7, 11) is 1.50. The van der Waals surface area contributed by atoms with E-state index in [2.05, 4.69) is 5.32 Å². The maximum absolute atomic E-state index is 14.0. The van der Waals surface area contributed by atoms with Crippen LogP contribution in [0.5, 0.6) is 0 Å². The quantitative estimate of drug-likeness (QED) is 0.499. The molecule has 2 aromatic carbocycles. The van der Waals surface area contributed by atoms with Gasteiger partial charge in [0.25, 0.3) is 0 Å². The Labute approximate surface area is 225 Å². The van der Waals surface area contributed by atoms with Crippen molar-refractivity contribution in [1.82, 2.24) is 10.2 Å². The van der Waals surface area contributed by atoms with E-state index in [1.165, 1.54) is 12.0 Å². The van der Waals surface area contributed by atoms with Crippen LogP contribution in [0.2, 0.25) is 0 Å². The van der Waals surface area contributed by atoms with Gasteiger partial charge in [-0.15, -0.1) is 0 Å². The van der Waals surface area contributed by atoms with E-state index < -0.39 is 47.2 Å². The molecule has 8 heteroatoms. The molecule has 1 saturated heterocycles. The summed E-state index contributed by atoms with van der Waals surface area (Å²) < 4.78 is 10.9. The van der Waals surface area contributed by atoms with Gasteiger partial charge in [-0.3, -0.25) is 4.79 Å². The fourth-order valence-corrected chi connectivity index (χ4v) is 4.88. The lowest BCUT2D eigenvalue weighted by atomic mass is 9.70. The van der Waals surface area contributed by atoms with E-state index in [-0.39, 0.29) is 18.9 Å². The number of hydrogen-bond acceptors (Lipinski definition) is 5. The molecule has 206 valence electrons. The van der Waals surface area contributed by atoms with E-state index in [0.29, 0.717) is 0 Å². The second-order valence-corrected chi connectivity index (χ2v) is 11.5. The van der Waals surface area contributed by atoms with E-state index in [1.807, 2.05) is 75.4 Å². The van der Waals surface area contributed by atoms with Crippen LogP contribution in [0.4, 0.5) is 4.79 Å². The fourth-order valence-electron chi connectivity index (χ4n) is 4.88. The van der Waals surface area contributed by atoms with Crippen molar-refractivity contribution in [3.05, 3.63) is 60.2 Å². The third-order valence-corrected chi connectivity index (χ3v) is 7.45. The van der Waals surface area contributed by atoms with Crippen LogP contribution in [0, 0.1) is 5.41 Å². The summed E-state index contributed by atoms with van der Waals surface area (Å²) in [4.78, 5) is 40.2. The number of nitrogens with one attached hydrogen (secondary N) is 1. The molecule has 0 saturated carbocycles. The molecule has 4 atom stereocenters. The van der Waals surface area contributed by atoms with Crippen LogP contribution in [-0.4, -0.2) is 65.4 Å². The molecule has 2 N–H and O–H groups in total. The Balaban J connectivity index is 1.94. The van der Waals surface area contributed by atoms with Crippen molar-refractivity contribution >= 4 is 18.0 Å². The minimum absolute atomic E-state index is 0.134. The van der Waals surface area contributed by atoms with Crippen molar-refractivity contribution in [2.45, 2.75) is 77.7 Å². The predicted molar refractivity (Wildman–Crippen MR) is 146 cm³/mol. The number of methoxy groups -OCH3 is 1. The van der Waals surface area contributed by atoms with Gasteiger partial charge in [-0.2, -0.15) is 0 Å². The van der Waals surface area contributed by atoms with Crippen LogP contribution in [0.15, 0.2) is 54.6 Å². The third kappa shape index (κ3) is 6.72. The first-order chi connectivity index (χ1) is 17.7. The molecule has 1 aliphatic rings. The van der Waals surface area contributed by atoms with E-state index in [0.717, 1.165) is 16.7 Å². The van der Waals surface area contributed by atoms with Crippen LogP contribution >= 0.6 is 0 Å². The summed E-state index contributed by atoms with van der Waals surface area (Å²) >= 11 is 0. The number of rotatable bonds is 8. The zero-order valence-corrected chi connectivity index (χ0v) is 23.4. The molecule has 2 aromatic rings. The van der Waals surface area contributed by atoms with Gasteiger partial charge < -0.3 is 24.8 Å². The lowest BCUT2D eigenvalue weighted by Gasteiger charge is -2.41. The van der Waals surface area contributed by atoms with Crippen molar-refractivity contribution in [3.8, 4) is 11.1 Å². The first-order valence-electron chi connectivity index (χ1n) is 13.0. The normalized spacial score (nSPS) is 19.5. The number of alkyl carbamates (subject to hydrolysis) is 1. The topological polar surface area (TPSA) is 105 Å². The second kappa shape index (κ2) is 11.6. The number of carboxylic acid groups (broad SMARTS) is 1. The van der Waals surface area contributed by atoms with Crippen molar-refractivity contribution in [1.29, 1.82) is 0 Å². The first-order valence-corrected chi connectivity index (χ1v) is 13.0. The average molecular weight is 525 g/mol. The van der Waals surface area contributed by atoms with Gasteiger partial charge in [0.05, 0.1) is 6.10 Å². The zero-order valence-electron chi connectivity index (χ0n) is 23.4. The standard InChI is InChI=1S/C30H40N2O6/c1-19(20-13-15-22(16-14-20)21-11-9-8-10-12-21)30(5,6)25(31-28(36)38-29(2,3)4)26(33)32-18-23(37-7)17-24(32)27(34)35/h8-16,19,23-25H,17-18H2,1-7H3,(H,31,36)(H,34,35). The molecule has 1 fully saturated rings. The van der Waals surface area contributed by atoms with Crippen molar-refractivity contribution in [3.63, 3.8) is 0 Å². The minimum atomic E-state index is -1.10. The number of ether oxygens (including phenoxy) is 2. The molecule has 38 heavy (non-hydrogen) atoms. The highest BCUT2D eigenvalue weighted by Gasteiger charge is 2.48. The van der Waals surface area contributed by atoms with Crippen LogP contribution in [0.1, 0.15) is 59.4 Å². The molecule has 1 heterocycles. The number of amides is 2. The maximum Gasteiger partial charge on any atom is 0.408 e. The summed E-state index contributed by atoms with van der Waals surface area (Å²) in [6, 6.07) is 16.1. The number of likely N-dealkylation sites (tertiary alicyclic amines) is 1. The number of benzene rings is 2. The number of hydrogen-bond donors (Lipinski definition) is 2. The summed E-state index contributed by atoms with van der Waals surface area (Å²) in [6.07, 6.45) is -0.939.